The summed E-state index contributed by atoms with van der Waals surface area (Å²) < 4.78 is 5.03. The zero-order valence-corrected chi connectivity index (χ0v) is 10.5. The van der Waals surface area contributed by atoms with E-state index in [1.165, 1.54) is 22.3 Å². The van der Waals surface area contributed by atoms with E-state index in [0.29, 0.717) is 6.61 Å². The standard InChI is InChI=1S/C16H15NO2/c17-16(18)19-10-15-13-7-3-1-5-11(13)9-12-6-2-4-8-14(12)15/h1-8,15H,9-10H2,(H2,17,18). The first-order valence-corrected chi connectivity index (χ1v) is 6.33. The predicted molar refractivity (Wildman–Crippen MR) is 73.1 cm³/mol. The van der Waals surface area contributed by atoms with Crippen LogP contribution in [0.4, 0.5) is 4.79 Å². The van der Waals surface area contributed by atoms with Crippen molar-refractivity contribution in [2.45, 2.75) is 12.3 Å². The van der Waals surface area contributed by atoms with E-state index in [9.17, 15) is 4.79 Å². The smallest absolute Gasteiger partial charge is 0.404 e. The molecule has 0 aliphatic heterocycles. The number of primary amides is 1. The van der Waals surface area contributed by atoms with Gasteiger partial charge in [-0.25, -0.2) is 4.79 Å². The number of rotatable bonds is 2. The van der Waals surface area contributed by atoms with Crippen LogP contribution in [-0.2, 0) is 11.2 Å². The quantitative estimate of drug-likeness (QED) is 0.894. The highest BCUT2D eigenvalue weighted by Crippen LogP contribution is 2.36. The molecule has 0 radical (unpaired) electrons. The molecule has 0 bridgehead atoms. The first kappa shape index (κ1) is 11.8. The van der Waals surface area contributed by atoms with Gasteiger partial charge in [0.15, 0.2) is 0 Å². The van der Waals surface area contributed by atoms with Crippen LogP contribution in [0.5, 0.6) is 0 Å². The molecule has 0 heterocycles. The fourth-order valence-electron chi connectivity index (χ4n) is 2.79. The minimum absolute atomic E-state index is 0.0775. The lowest BCUT2D eigenvalue weighted by molar-refractivity contribution is 0.152. The summed E-state index contributed by atoms with van der Waals surface area (Å²) in [5.41, 5.74) is 10.1. The van der Waals surface area contributed by atoms with E-state index in [2.05, 4.69) is 24.3 Å². The van der Waals surface area contributed by atoms with Crippen molar-refractivity contribution in [1.82, 2.24) is 0 Å². The number of ether oxygens (including phenoxy) is 1. The van der Waals surface area contributed by atoms with Crippen LogP contribution in [-0.4, -0.2) is 12.7 Å². The maximum absolute atomic E-state index is 10.9. The summed E-state index contributed by atoms with van der Waals surface area (Å²) >= 11 is 0. The molecule has 1 aliphatic carbocycles. The Balaban J connectivity index is 2.03. The van der Waals surface area contributed by atoms with Gasteiger partial charge in [0.1, 0.15) is 6.61 Å². The van der Waals surface area contributed by atoms with Crippen LogP contribution in [0.2, 0.25) is 0 Å². The molecule has 1 aliphatic rings. The third-order valence-corrected chi connectivity index (χ3v) is 3.63. The lowest BCUT2D eigenvalue weighted by Crippen LogP contribution is -2.22. The van der Waals surface area contributed by atoms with Crippen molar-refractivity contribution < 1.29 is 9.53 Å². The molecule has 1 amide bonds. The van der Waals surface area contributed by atoms with E-state index < -0.39 is 6.09 Å². The third kappa shape index (κ3) is 2.19. The molecule has 3 heteroatoms. The van der Waals surface area contributed by atoms with E-state index in [-0.39, 0.29) is 5.92 Å². The van der Waals surface area contributed by atoms with Gasteiger partial charge >= 0.3 is 6.09 Å². The molecule has 0 saturated heterocycles. The number of amides is 1. The number of nitrogens with two attached hydrogens (primary N) is 1. The summed E-state index contributed by atoms with van der Waals surface area (Å²) in [6.45, 7) is 0.295. The van der Waals surface area contributed by atoms with Crippen LogP contribution in [0.25, 0.3) is 0 Å². The van der Waals surface area contributed by atoms with E-state index in [1.54, 1.807) is 0 Å². The molecular formula is C16H15NO2. The highest BCUT2D eigenvalue weighted by Gasteiger charge is 2.25. The van der Waals surface area contributed by atoms with Crippen molar-refractivity contribution in [1.29, 1.82) is 0 Å². The second-order valence-corrected chi connectivity index (χ2v) is 4.76. The number of fused-ring (bicyclic) bond motifs is 2. The number of hydrogen-bond acceptors (Lipinski definition) is 2. The summed E-state index contributed by atoms with van der Waals surface area (Å²) in [7, 11) is 0. The summed E-state index contributed by atoms with van der Waals surface area (Å²) in [4.78, 5) is 10.9. The van der Waals surface area contributed by atoms with Crippen LogP contribution in [0.3, 0.4) is 0 Å². The second-order valence-electron chi connectivity index (χ2n) is 4.76. The molecule has 2 aromatic rings. The highest BCUT2D eigenvalue weighted by molar-refractivity contribution is 5.64. The van der Waals surface area contributed by atoms with Gasteiger partial charge in [-0.15, -0.1) is 0 Å². The molecular weight excluding hydrogens is 238 g/mol. The maximum atomic E-state index is 10.9. The van der Waals surface area contributed by atoms with Gasteiger partial charge in [-0.3, -0.25) is 0 Å². The van der Waals surface area contributed by atoms with Gasteiger partial charge in [0.2, 0.25) is 0 Å². The Hall–Kier alpha value is -2.29. The molecule has 3 nitrogen and oxygen atoms in total. The Kier molecular flexibility index (Phi) is 2.95. The molecule has 0 spiro atoms. The molecule has 0 aromatic heterocycles. The Morgan fingerprint density at radius 1 is 1.05 bits per heavy atom. The normalized spacial score (nSPS) is 13.5. The predicted octanol–water partition coefficient (Wildman–Crippen LogP) is 2.82. The first-order chi connectivity index (χ1) is 9.25. The molecule has 0 fully saturated rings. The van der Waals surface area contributed by atoms with E-state index in [1.807, 2.05) is 24.3 Å². The largest absolute Gasteiger partial charge is 0.449 e. The van der Waals surface area contributed by atoms with E-state index >= 15 is 0 Å². The zero-order chi connectivity index (χ0) is 13.2. The van der Waals surface area contributed by atoms with Crippen molar-refractivity contribution in [2.24, 2.45) is 5.73 Å². The van der Waals surface area contributed by atoms with E-state index in [0.717, 1.165) is 6.42 Å². The lowest BCUT2D eigenvalue weighted by Gasteiger charge is -2.27. The van der Waals surface area contributed by atoms with Crippen molar-refractivity contribution in [3.63, 3.8) is 0 Å². The van der Waals surface area contributed by atoms with Crippen LogP contribution >= 0.6 is 0 Å². The molecule has 19 heavy (non-hydrogen) atoms. The molecule has 2 N–H and O–H groups in total. The van der Waals surface area contributed by atoms with Crippen LogP contribution in [0.1, 0.15) is 28.2 Å². The third-order valence-electron chi connectivity index (χ3n) is 3.63. The minimum atomic E-state index is -0.722. The SMILES string of the molecule is NC(=O)OCC1c2ccccc2Cc2ccccc21. The average molecular weight is 253 g/mol. The number of hydrogen-bond donors (Lipinski definition) is 1. The Morgan fingerprint density at radius 3 is 2.11 bits per heavy atom. The molecule has 0 saturated carbocycles. The Labute approximate surface area is 112 Å². The van der Waals surface area contributed by atoms with Crippen molar-refractivity contribution in [3.8, 4) is 0 Å². The van der Waals surface area contributed by atoms with Crippen molar-refractivity contribution >= 4 is 6.09 Å². The van der Waals surface area contributed by atoms with Crippen LogP contribution in [0.15, 0.2) is 48.5 Å². The average Bonchev–Trinajstić information content (AvgIpc) is 2.43. The van der Waals surface area contributed by atoms with Gasteiger partial charge in [0, 0.05) is 5.92 Å². The molecule has 0 unspecified atom stereocenters. The van der Waals surface area contributed by atoms with Gasteiger partial charge < -0.3 is 10.5 Å². The second kappa shape index (κ2) is 4.76. The summed E-state index contributed by atoms with van der Waals surface area (Å²) in [5, 5.41) is 0. The van der Waals surface area contributed by atoms with Crippen LogP contribution < -0.4 is 5.73 Å². The van der Waals surface area contributed by atoms with Crippen molar-refractivity contribution in [2.75, 3.05) is 6.61 Å². The monoisotopic (exact) mass is 253 g/mol. The highest BCUT2D eigenvalue weighted by atomic mass is 16.5. The molecule has 2 aromatic carbocycles. The fraction of sp³-hybridized carbons (Fsp3) is 0.188. The topological polar surface area (TPSA) is 52.3 Å². The van der Waals surface area contributed by atoms with Gasteiger partial charge in [-0.2, -0.15) is 0 Å². The summed E-state index contributed by atoms with van der Waals surface area (Å²) in [5.74, 6) is 0.0775. The lowest BCUT2D eigenvalue weighted by atomic mass is 9.78. The number of carbonyl (C=O) groups excluding carboxylic acids is 1. The molecule has 96 valence electrons. The number of carbonyl (C=O) groups is 1. The van der Waals surface area contributed by atoms with E-state index in [4.69, 9.17) is 10.5 Å². The number of benzene rings is 2. The van der Waals surface area contributed by atoms with Gasteiger partial charge in [0.05, 0.1) is 0 Å². The minimum Gasteiger partial charge on any atom is -0.449 e. The Morgan fingerprint density at radius 2 is 1.58 bits per heavy atom. The van der Waals surface area contributed by atoms with Gasteiger partial charge in [-0.05, 0) is 28.7 Å². The molecule has 0 atom stereocenters. The maximum Gasteiger partial charge on any atom is 0.404 e. The summed E-state index contributed by atoms with van der Waals surface area (Å²) in [6.07, 6.45) is 0.208. The van der Waals surface area contributed by atoms with Crippen molar-refractivity contribution in [3.05, 3.63) is 70.8 Å². The van der Waals surface area contributed by atoms with Crippen LogP contribution in [0, 0.1) is 0 Å². The molecule has 3 rings (SSSR count). The Bertz CT molecular complexity index is 576. The van der Waals surface area contributed by atoms with Gasteiger partial charge in [-0.1, -0.05) is 48.5 Å². The summed E-state index contributed by atoms with van der Waals surface area (Å²) in [6, 6.07) is 16.6. The first-order valence-electron chi connectivity index (χ1n) is 6.33. The zero-order valence-electron chi connectivity index (χ0n) is 10.5. The fourth-order valence-corrected chi connectivity index (χ4v) is 2.79. The van der Waals surface area contributed by atoms with Gasteiger partial charge in [0.25, 0.3) is 0 Å².